The summed E-state index contributed by atoms with van der Waals surface area (Å²) in [6.45, 7) is 4.77. The molecule has 0 aliphatic carbocycles. The molecule has 2 rings (SSSR count). The van der Waals surface area contributed by atoms with Crippen molar-refractivity contribution in [2.75, 3.05) is 13.1 Å². The van der Waals surface area contributed by atoms with E-state index in [4.69, 9.17) is 5.73 Å². The highest BCUT2D eigenvalue weighted by Crippen LogP contribution is 2.21. The van der Waals surface area contributed by atoms with Crippen molar-refractivity contribution in [1.82, 2.24) is 9.88 Å². The number of aromatic nitrogens is 1. The predicted molar refractivity (Wildman–Crippen MR) is 83.2 cm³/mol. The van der Waals surface area contributed by atoms with Gasteiger partial charge in [0.2, 0.25) is 0 Å². The van der Waals surface area contributed by atoms with Crippen molar-refractivity contribution in [3.63, 3.8) is 0 Å². The largest absolute Gasteiger partial charge is 0.329 e. The van der Waals surface area contributed by atoms with Gasteiger partial charge in [0.15, 0.2) is 0 Å². The maximum atomic E-state index is 6.02. The molecule has 0 saturated heterocycles. The first-order valence-electron chi connectivity index (χ1n) is 7.23. The van der Waals surface area contributed by atoms with Crippen LogP contribution in [0, 0.1) is 0 Å². The summed E-state index contributed by atoms with van der Waals surface area (Å²) in [5.74, 6) is 0. The van der Waals surface area contributed by atoms with Gasteiger partial charge in [-0.15, -0.1) is 0 Å². The smallest absolute Gasteiger partial charge is 0.0489 e. The molecule has 0 aliphatic heterocycles. The Bertz CT molecular complexity index is 484. The molecule has 3 heteroatoms. The van der Waals surface area contributed by atoms with Crippen LogP contribution in [0.4, 0.5) is 0 Å². The van der Waals surface area contributed by atoms with E-state index in [1.165, 1.54) is 11.1 Å². The van der Waals surface area contributed by atoms with Crippen LogP contribution in [0.3, 0.4) is 0 Å². The molecule has 1 aromatic carbocycles. The van der Waals surface area contributed by atoms with Crippen LogP contribution in [-0.2, 0) is 6.54 Å². The zero-order chi connectivity index (χ0) is 14.2. The van der Waals surface area contributed by atoms with Gasteiger partial charge in [-0.1, -0.05) is 43.3 Å². The third kappa shape index (κ3) is 3.89. The van der Waals surface area contributed by atoms with Crippen molar-refractivity contribution in [3.8, 4) is 0 Å². The number of nitrogens with zero attached hydrogens (tertiary/aromatic N) is 2. The molecule has 0 fully saturated rings. The Hall–Kier alpha value is -1.71. The van der Waals surface area contributed by atoms with Crippen LogP contribution >= 0.6 is 0 Å². The Morgan fingerprint density at radius 3 is 2.55 bits per heavy atom. The van der Waals surface area contributed by atoms with Crippen molar-refractivity contribution in [3.05, 3.63) is 66.0 Å². The van der Waals surface area contributed by atoms with E-state index in [-0.39, 0.29) is 6.04 Å². The third-order valence-electron chi connectivity index (χ3n) is 3.47. The maximum absolute atomic E-state index is 6.02. The minimum atomic E-state index is 0.226. The van der Waals surface area contributed by atoms with Crippen molar-refractivity contribution in [2.24, 2.45) is 5.73 Å². The zero-order valence-electron chi connectivity index (χ0n) is 12.1. The van der Waals surface area contributed by atoms with Crippen molar-refractivity contribution in [2.45, 2.75) is 25.9 Å². The molecule has 1 heterocycles. The van der Waals surface area contributed by atoms with Gasteiger partial charge < -0.3 is 5.73 Å². The first kappa shape index (κ1) is 14.7. The van der Waals surface area contributed by atoms with Crippen LogP contribution in [0.5, 0.6) is 0 Å². The quantitative estimate of drug-likeness (QED) is 0.840. The number of pyridine rings is 1. The van der Waals surface area contributed by atoms with E-state index in [2.05, 4.69) is 53.2 Å². The van der Waals surface area contributed by atoms with Gasteiger partial charge in [0, 0.05) is 31.5 Å². The SMILES string of the molecule is CCCN(Cc1ccccc1)C(CN)c1cccnc1. The van der Waals surface area contributed by atoms with Crippen LogP contribution in [-0.4, -0.2) is 23.0 Å². The molecule has 1 aromatic heterocycles. The fraction of sp³-hybridized carbons (Fsp3) is 0.353. The molecule has 2 N–H and O–H groups in total. The summed E-state index contributed by atoms with van der Waals surface area (Å²) >= 11 is 0. The minimum absolute atomic E-state index is 0.226. The van der Waals surface area contributed by atoms with Gasteiger partial charge >= 0.3 is 0 Å². The van der Waals surface area contributed by atoms with Gasteiger partial charge in [-0.2, -0.15) is 0 Å². The molecule has 0 saturated carbocycles. The molecule has 0 radical (unpaired) electrons. The van der Waals surface area contributed by atoms with E-state index >= 15 is 0 Å². The summed E-state index contributed by atoms with van der Waals surface area (Å²) < 4.78 is 0. The number of rotatable bonds is 7. The number of nitrogens with two attached hydrogens (primary N) is 1. The second-order valence-corrected chi connectivity index (χ2v) is 4.99. The first-order chi connectivity index (χ1) is 9.85. The Balaban J connectivity index is 2.17. The van der Waals surface area contributed by atoms with Crippen molar-refractivity contribution in [1.29, 1.82) is 0 Å². The van der Waals surface area contributed by atoms with Crippen LogP contribution in [0.15, 0.2) is 54.9 Å². The predicted octanol–water partition coefficient (Wildman–Crippen LogP) is 2.99. The van der Waals surface area contributed by atoms with Gasteiger partial charge in [-0.3, -0.25) is 9.88 Å². The highest BCUT2D eigenvalue weighted by Gasteiger charge is 2.18. The van der Waals surface area contributed by atoms with E-state index in [9.17, 15) is 0 Å². The van der Waals surface area contributed by atoms with E-state index in [1.807, 2.05) is 12.3 Å². The standard InChI is InChI=1S/C17H23N3/c1-2-11-20(14-15-7-4-3-5-8-15)17(12-18)16-9-6-10-19-13-16/h3-10,13,17H,2,11-12,14,18H2,1H3. The van der Waals surface area contributed by atoms with Crippen molar-refractivity contribution >= 4 is 0 Å². The summed E-state index contributed by atoms with van der Waals surface area (Å²) in [6.07, 6.45) is 4.84. The highest BCUT2D eigenvalue weighted by molar-refractivity contribution is 5.18. The number of benzene rings is 1. The second-order valence-electron chi connectivity index (χ2n) is 4.99. The van der Waals surface area contributed by atoms with E-state index in [1.54, 1.807) is 6.20 Å². The molecular weight excluding hydrogens is 246 g/mol. The molecule has 0 amide bonds. The molecule has 0 bridgehead atoms. The van der Waals surface area contributed by atoms with Crippen LogP contribution in [0.1, 0.15) is 30.5 Å². The molecule has 0 spiro atoms. The van der Waals surface area contributed by atoms with E-state index in [0.29, 0.717) is 6.54 Å². The molecule has 106 valence electrons. The number of hydrogen-bond acceptors (Lipinski definition) is 3. The molecule has 1 atom stereocenters. The Kier molecular flexibility index (Phi) is 5.71. The maximum Gasteiger partial charge on any atom is 0.0489 e. The minimum Gasteiger partial charge on any atom is -0.329 e. The third-order valence-corrected chi connectivity index (χ3v) is 3.47. The summed E-state index contributed by atoms with van der Waals surface area (Å²) in [5.41, 5.74) is 8.54. The fourth-order valence-corrected chi connectivity index (χ4v) is 2.52. The first-order valence-corrected chi connectivity index (χ1v) is 7.23. The van der Waals surface area contributed by atoms with E-state index in [0.717, 1.165) is 19.5 Å². The molecule has 20 heavy (non-hydrogen) atoms. The van der Waals surface area contributed by atoms with E-state index < -0.39 is 0 Å². The highest BCUT2D eigenvalue weighted by atomic mass is 15.2. The van der Waals surface area contributed by atoms with Crippen LogP contribution in [0.25, 0.3) is 0 Å². The average molecular weight is 269 g/mol. The van der Waals surface area contributed by atoms with Crippen molar-refractivity contribution < 1.29 is 0 Å². The van der Waals surface area contributed by atoms with Gasteiger partial charge in [-0.05, 0) is 30.2 Å². The van der Waals surface area contributed by atoms with Gasteiger partial charge in [-0.25, -0.2) is 0 Å². The molecule has 0 aliphatic rings. The summed E-state index contributed by atoms with van der Waals surface area (Å²) in [5, 5.41) is 0. The summed E-state index contributed by atoms with van der Waals surface area (Å²) in [4.78, 5) is 6.66. The second kappa shape index (κ2) is 7.78. The zero-order valence-corrected chi connectivity index (χ0v) is 12.1. The molecule has 3 nitrogen and oxygen atoms in total. The monoisotopic (exact) mass is 269 g/mol. The number of hydrogen-bond donors (Lipinski definition) is 1. The lowest BCUT2D eigenvalue weighted by Gasteiger charge is -2.31. The lowest BCUT2D eigenvalue weighted by molar-refractivity contribution is 0.192. The summed E-state index contributed by atoms with van der Waals surface area (Å²) in [6, 6.07) is 14.9. The Morgan fingerprint density at radius 1 is 1.15 bits per heavy atom. The van der Waals surface area contributed by atoms with Crippen LogP contribution < -0.4 is 5.73 Å². The normalized spacial score (nSPS) is 12.6. The Morgan fingerprint density at radius 2 is 1.95 bits per heavy atom. The molecule has 2 aromatic rings. The van der Waals surface area contributed by atoms with Gasteiger partial charge in [0.05, 0.1) is 0 Å². The fourth-order valence-electron chi connectivity index (χ4n) is 2.52. The Labute approximate surface area is 121 Å². The van der Waals surface area contributed by atoms with Gasteiger partial charge in [0.25, 0.3) is 0 Å². The van der Waals surface area contributed by atoms with Crippen LogP contribution in [0.2, 0.25) is 0 Å². The topological polar surface area (TPSA) is 42.1 Å². The lowest BCUT2D eigenvalue weighted by Crippen LogP contribution is -2.34. The molecule has 1 unspecified atom stereocenters. The summed E-state index contributed by atoms with van der Waals surface area (Å²) in [7, 11) is 0. The molecular formula is C17H23N3. The lowest BCUT2D eigenvalue weighted by atomic mass is 10.1. The average Bonchev–Trinajstić information content (AvgIpc) is 2.50. The van der Waals surface area contributed by atoms with Gasteiger partial charge in [0.1, 0.15) is 0 Å².